The Balaban J connectivity index is 2.03. The summed E-state index contributed by atoms with van der Waals surface area (Å²) < 4.78 is 10.5. The van der Waals surface area contributed by atoms with E-state index in [4.69, 9.17) is 21.1 Å². The first-order valence-electron chi connectivity index (χ1n) is 6.50. The van der Waals surface area contributed by atoms with E-state index in [2.05, 4.69) is 4.90 Å². The fourth-order valence-corrected chi connectivity index (χ4v) is 2.27. The lowest BCUT2D eigenvalue weighted by molar-refractivity contribution is -0.153. The normalized spacial score (nSPS) is 17.4. The number of likely N-dealkylation sites (tertiary alicyclic amines) is 1. The van der Waals surface area contributed by atoms with Crippen LogP contribution in [0.1, 0.15) is 18.6 Å². The van der Waals surface area contributed by atoms with Gasteiger partial charge in [0.05, 0.1) is 11.6 Å². The van der Waals surface area contributed by atoms with Crippen molar-refractivity contribution in [2.75, 3.05) is 26.7 Å². The van der Waals surface area contributed by atoms with Crippen LogP contribution in [0.4, 0.5) is 0 Å². The Bertz CT molecular complexity index is 488. The monoisotopic (exact) mass is 299 g/mol. The molecule has 0 spiro atoms. The van der Waals surface area contributed by atoms with Crippen molar-refractivity contribution in [3.05, 3.63) is 28.8 Å². The van der Waals surface area contributed by atoms with Crippen molar-refractivity contribution in [2.24, 2.45) is 0 Å². The topological polar surface area (TPSA) is 59.0 Å². The molecule has 1 saturated heterocycles. The van der Waals surface area contributed by atoms with Crippen LogP contribution >= 0.6 is 11.6 Å². The Morgan fingerprint density at radius 3 is 2.80 bits per heavy atom. The molecule has 1 aromatic rings. The van der Waals surface area contributed by atoms with E-state index in [-0.39, 0.29) is 12.7 Å². The average molecular weight is 300 g/mol. The number of benzene rings is 1. The van der Waals surface area contributed by atoms with Crippen molar-refractivity contribution >= 4 is 17.6 Å². The van der Waals surface area contributed by atoms with Crippen molar-refractivity contribution in [3.63, 3.8) is 0 Å². The number of rotatable bonds is 5. The number of likely N-dealkylation sites (N-methyl/N-ethyl adjacent to an activating group) is 1. The van der Waals surface area contributed by atoms with Crippen molar-refractivity contribution in [2.45, 2.75) is 19.1 Å². The lowest BCUT2D eigenvalue weighted by Gasteiger charge is -2.36. The van der Waals surface area contributed by atoms with Gasteiger partial charge in [0.15, 0.2) is 6.10 Å². The first kappa shape index (κ1) is 15.1. The Hall–Kier alpha value is -1.30. The Kier molecular flexibility index (Phi) is 4.86. The van der Waals surface area contributed by atoms with Crippen LogP contribution < -0.4 is 4.74 Å². The van der Waals surface area contributed by atoms with Crippen LogP contribution in [0.15, 0.2) is 18.2 Å². The summed E-state index contributed by atoms with van der Waals surface area (Å²) in [5.41, 5.74) is 0.395. The summed E-state index contributed by atoms with van der Waals surface area (Å²) in [5, 5.41) is 10.2. The molecule has 5 nitrogen and oxygen atoms in total. The molecule has 2 rings (SSSR count). The quantitative estimate of drug-likeness (QED) is 0.838. The van der Waals surface area contributed by atoms with Crippen molar-refractivity contribution < 1.29 is 19.4 Å². The second-order valence-electron chi connectivity index (χ2n) is 4.81. The molecular weight excluding hydrogens is 282 g/mol. The molecule has 1 N–H and O–H groups in total. The zero-order valence-corrected chi connectivity index (χ0v) is 12.3. The molecule has 6 heteroatoms. The van der Waals surface area contributed by atoms with Crippen LogP contribution in [0.2, 0.25) is 5.02 Å². The summed E-state index contributed by atoms with van der Waals surface area (Å²) >= 11 is 6.11. The molecule has 1 fully saturated rings. The van der Waals surface area contributed by atoms with Crippen molar-refractivity contribution in [3.8, 4) is 5.75 Å². The molecule has 1 aliphatic heterocycles. The number of carbonyl (C=O) groups is 1. The molecule has 1 heterocycles. The number of carbonyl (C=O) groups excluding carboxylic acids is 1. The van der Waals surface area contributed by atoms with Crippen molar-refractivity contribution in [1.82, 2.24) is 4.90 Å². The Morgan fingerprint density at radius 1 is 1.55 bits per heavy atom. The molecule has 0 radical (unpaired) electrons. The number of hydrogen-bond donors (Lipinski definition) is 1. The summed E-state index contributed by atoms with van der Waals surface area (Å²) in [7, 11) is 2.01. The van der Waals surface area contributed by atoms with E-state index < -0.39 is 12.1 Å². The number of halogens is 1. The highest BCUT2D eigenvalue weighted by Crippen LogP contribution is 2.30. The third-order valence-electron chi connectivity index (χ3n) is 3.11. The van der Waals surface area contributed by atoms with Gasteiger partial charge in [0.2, 0.25) is 0 Å². The molecule has 110 valence electrons. The lowest BCUT2D eigenvalue weighted by Crippen LogP contribution is -2.51. The van der Waals surface area contributed by atoms with Gasteiger partial charge in [-0.2, -0.15) is 0 Å². The van der Waals surface area contributed by atoms with Gasteiger partial charge in [0.1, 0.15) is 11.9 Å². The van der Waals surface area contributed by atoms with Crippen molar-refractivity contribution in [1.29, 1.82) is 0 Å². The largest absolute Gasteiger partial charge is 0.486 e. The molecule has 0 aromatic heterocycles. The van der Waals surface area contributed by atoms with Crippen LogP contribution in [0.5, 0.6) is 5.75 Å². The molecule has 0 amide bonds. The number of aliphatic hydroxyl groups is 1. The minimum Gasteiger partial charge on any atom is -0.486 e. The van der Waals surface area contributed by atoms with Gasteiger partial charge in [-0.15, -0.1) is 0 Å². The maximum Gasteiger partial charge on any atom is 0.339 e. The van der Waals surface area contributed by atoms with E-state index in [1.54, 1.807) is 19.1 Å². The predicted octanol–water partition coefficient (Wildman–Crippen LogP) is 1.63. The molecule has 0 bridgehead atoms. The number of ether oxygens (including phenoxy) is 2. The first-order chi connectivity index (χ1) is 9.51. The van der Waals surface area contributed by atoms with Gasteiger partial charge in [0, 0.05) is 13.1 Å². The van der Waals surface area contributed by atoms with Gasteiger partial charge in [-0.05, 0) is 31.7 Å². The molecule has 1 aromatic carbocycles. The second kappa shape index (κ2) is 6.43. The highest BCUT2D eigenvalue weighted by Gasteiger charge is 2.26. The van der Waals surface area contributed by atoms with Crippen LogP contribution in [0.3, 0.4) is 0 Å². The molecule has 1 atom stereocenters. The van der Waals surface area contributed by atoms with Crippen LogP contribution in [-0.2, 0) is 9.53 Å². The summed E-state index contributed by atoms with van der Waals surface area (Å²) in [6, 6.07) is 4.81. The second-order valence-corrected chi connectivity index (χ2v) is 5.21. The third kappa shape index (κ3) is 3.42. The van der Waals surface area contributed by atoms with Gasteiger partial charge in [0.25, 0.3) is 0 Å². The van der Waals surface area contributed by atoms with E-state index in [1.807, 2.05) is 7.05 Å². The summed E-state index contributed by atoms with van der Waals surface area (Å²) in [6.45, 7) is 3.64. The van der Waals surface area contributed by atoms with Gasteiger partial charge < -0.3 is 14.6 Å². The molecule has 0 aliphatic carbocycles. The molecule has 1 aliphatic rings. The minimum absolute atomic E-state index is 0.137. The standard InChI is InChI=1S/C14H18ClNO4/c1-3-19-14(18)13(17)9-4-5-12(11(15)6-9)20-10-7-16(2)8-10/h4-6,10,13,17H,3,7-8H2,1-2H3. The number of esters is 1. The smallest absolute Gasteiger partial charge is 0.339 e. The van der Waals surface area contributed by atoms with E-state index >= 15 is 0 Å². The summed E-state index contributed by atoms with van der Waals surface area (Å²) in [4.78, 5) is 13.6. The van der Waals surface area contributed by atoms with Crippen LogP contribution in [0.25, 0.3) is 0 Å². The molecule has 20 heavy (non-hydrogen) atoms. The van der Waals surface area contributed by atoms with E-state index in [9.17, 15) is 9.90 Å². The summed E-state index contributed by atoms with van der Waals surface area (Å²) in [5.74, 6) is -0.123. The molecule has 1 unspecified atom stereocenters. The van der Waals surface area contributed by atoms with Gasteiger partial charge >= 0.3 is 5.97 Å². The molecular formula is C14H18ClNO4. The Labute approximate surface area is 123 Å². The van der Waals surface area contributed by atoms with Gasteiger partial charge in [-0.1, -0.05) is 17.7 Å². The lowest BCUT2D eigenvalue weighted by atomic mass is 10.1. The number of hydrogen-bond acceptors (Lipinski definition) is 5. The fraction of sp³-hybridized carbons (Fsp3) is 0.500. The maximum absolute atomic E-state index is 11.5. The van der Waals surface area contributed by atoms with E-state index in [0.717, 1.165) is 13.1 Å². The third-order valence-corrected chi connectivity index (χ3v) is 3.40. The maximum atomic E-state index is 11.5. The van der Waals surface area contributed by atoms with Gasteiger partial charge in [-0.25, -0.2) is 4.79 Å². The molecule has 0 saturated carbocycles. The zero-order chi connectivity index (χ0) is 14.7. The number of nitrogens with zero attached hydrogens (tertiary/aromatic N) is 1. The number of aliphatic hydroxyl groups excluding tert-OH is 1. The summed E-state index contributed by atoms with van der Waals surface area (Å²) in [6.07, 6.45) is -1.19. The highest BCUT2D eigenvalue weighted by molar-refractivity contribution is 6.32. The van der Waals surface area contributed by atoms with E-state index in [0.29, 0.717) is 16.3 Å². The van der Waals surface area contributed by atoms with Crippen LogP contribution in [-0.4, -0.2) is 48.8 Å². The highest BCUT2D eigenvalue weighted by atomic mass is 35.5. The Morgan fingerprint density at radius 2 is 2.25 bits per heavy atom. The van der Waals surface area contributed by atoms with E-state index in [1.165, 1.54) is 6.07 Å². The predicted molar refractivity (Wildman–Crippen MR) is 75.0 cm³/mol. The average Bonchev–Trinajstić information content (AvgIpc) is 2.38. The van der Waals surface area contributed by atoms with Crippen LogP contribution in [0, 0.1) is 0 Å². The first-order valence-corrected chi connectivity index (χ1v) is 6.88. The fourth-order valence-electron chi connectivity index (χ4n) is 2.04. The zero-order valence-electron chi connectivity index (χ0n) is 11.5. The SMILES string of the molecule is CCOC(=O)C(O)c1ccc(OC2CN(C)C2)c(Cl)c1. The van der Waals surface area contributed by atoms with Gasteiger partial charge in [-0.3, -0.25) is 4.90 Å². The minimum atomic E-state index is -1.32.